The first-order chi connectivity index (χ1) is 8.45. The Morgan fingerprint density at radius 2 is 2.00 bits per heavy atom. The molecule has 1 heterocycles. The molecule has 1 unspecified atom stereocenters. The molecule has 0 bridgehead atoms. The van der Waals surface area contributed by atoms with Gasteiger partial charge in [0.15, 0.2) is 5.82 Å². The van der Waals surface area contributed by atoms with Gasteiger partial charge in [-0.3, -0.25) is 0 Å². The van der Waals surface area contributed by atoms with E-state index in [1.807, 2.05) is 7.05 Å². The van der Waals surface area contributed by atoms with Crippen LogP contribution in [0.3, 0.4) is 0 Å². The zero-order valence-corrected chi connectivity index (χ0v) is 11.9. The lowest BCUT2D eigenvalue weighted by Gasteiger charge is -2.28. The first kappa shape index (κ1) is 13.3. The minimum atomic E-state index is -0.0803. The minimum absolute atomic E-state index is 0.0120. The summed E-state index contributed by atoms with van der Waals surface area (Å²) in [5.74, 6) is 2.29. The highest BCUT2D eigenvalue weighted by Gasteiger charge is 2.31. The van der Waals surface area contributed by atoms with E-state index in [0.29, 0.717) is 5.92 Å². The smallest absolute Gasteiger partial charge is 0.160 e. The van der Waals surface area contributed by atoms with Crippen LogP contribution in [0.1, 0.15) is 57.2 Å². The largest absolute Gasteiger partial charge is 0.373 e. The number of methoxy groups -OCH3 is 1. The van der Waals surface area contributed by atoms with Crippen LogP contribution in [0, 0.1) is 5.41 Å². The maximum Gasteiger partial charge on any atom is 0.160 e. The van der Waals surface area contributed by atoms with Crippen molar-refractivity contribution in [1.82, 2.24) is 9.97 Å². The van der Waals surface area contributed by atoms with Crippen LogP contribution in [0.2, 0.25) is 0 Å². The van der Waals surface area contributed by atoms with Crippen LogP contribution in [0.4, 0.5) is 5.82 Å². The number of aromatic nitrogens is 2. The van der Waals surface area contributed by atoms with Gasteiger partial charge in [-0.15, -0.1) is 0 Å². The van der Waals surface area contributed by atoms with E-state index in [1.54, 1.807) is 7.11 Å². The number of hydrogen-bond acceptors (Lipinski definition) is 4. The molecule has 1 aliphatic carbocycles. The van der Waals surface area contributed by atoms with E-state index < -0.39 is 0 Å². The van der Waals surface area contributed by atoms with Gasteiger partial charge in [0.2, 0.25) is 0 Å². The van der Waals surface area contributed by atoms with Crippen LogP contribution >= 0.6 is 0 Å². The first-order valence-electron chi connectivity index (χ1n) is 6.55. The number of rotatable bonds is 4. The number of nitrogens with zero attached hydrogens (tertiary/aromatic N) is 2. The summed E-state index contributed by atoms with van der Waals surface area (Å²) < 4.78 is 5.60. The van der Waals surface area contributed by atoms with Gasteiger partial charge in [-0.25, -0.2) is 9.97 Å². The molecule has 1 saturated carbocycles. The lowest BCUT2D eigenvalue weighted by atomic mass is 9.88. The van der Waals surface area contributed by atoms with Gasteiger partial charge in [0.05, 0.1) is 0 Å². The Hall–Kier alpha value is -1.16. The van der Waals surface area contributed by atoms with E-state index in [2.05, 4.69) is 37.1 Å². The monoisotopic (exact) mass is 249 g/mol. The Bertz CT molecular complexity index is 422. The predicted molar refractivity (Wildman–Crippen MR) is 72.8 cm³/mol. The highest BCUT2D eigenvalue weighted by Crippen LogP contribution is 2.41. The van der Waals surface area contributed by atoms with Crippen molar-refractivity contribution in [3.8, 4) is 0 Å². The maximum absolute atomic E-state index is 5.60. The third kappa shape index (κ3) is 2.80. The lowest BCUT2D eigenvalue weighted by Crippen LogP contribution is -2.23. The standard InChI is InChI=1S/C14H23N3O/c1-14(2,3)12(18-5)13-16-10(9-6-7-9)8-11(15-4)17-13/h8-9,12H,6-7H2,1-5H3,(H,15,16,17). The van der Waals surface area contributed by atoms with Crippen LogP contribution in [-0.4, -0.2) is 24.1 Å². The summed E-state index contributed by atoms with van der Waals surface area (Å²) in [6, 6.07) is 2.05. The van der Waals surface area contributed by atoms with E-state index in [1.165, 1.54) is 12.8 Å². The van der Waals surface area contributed by atoms with Crippen molar-refractivity contribution in [2.24, 2.45) is 5.41 Å². The van der Waals surface area contributed by atoms with Crippen molar-refractivity contribution in [3.63, 3.8) is 0 Å². The van der Waals surface area contributed by atoms with E-state index >= 15 is 0 Å². The molecule has 1 atom stereocenters. The summed E-state index contributed by atoms with van der Waals surface area (Å²) in [4.78, 5) is 9.26. The van der Waals surface area contributed by atoms with Gasteiger partial charge in [-0.2, -0.15) is 0 Å². The molecule has 0 radical (unpaired) electrons. The number of ether oxygens (including phenoxy) is 1. The topological polar surface area (TPSA) is 47.0 Å². The Morgan fingerprint density at radius 3 is 2.44 bits per heavy atom. The van der Waals surface area contributed by atoms with Gasteiger partial charge in [-0.1, -0.05) is 20.8 Å². The fraction of sp³-hybridized carbons (Fsp3) is 0.714. The highest BCUT2D eigenvalue weighted by atomic mass is 16.5. The quantitative estimate of drug-likeness (QED) is 0.890. The highest BCUT2D eigenvalue weighted by molar-refractivity contribution is 5.37. The Labute approximate surface area is 109 Å². The van der Waals surface area contributed by atoms with Crippen LogP contribution in [0.15, 0.2) is 6.07 Å². The van der Waals surface area contributed by atoms with Crippen LogP contribution in [-0.2, 0) is 4.74 Å². The molecular formula is C14H23N3O. The molecule has 0 saturated heterocycles. The molecule has 4 heteroatoms. The van der Waals surface area contributed by atoms with Crippen molar-refractivity contribution >= 4 is 5.82 Å². The second-order valence-corrected chi connectivity index (χ2v) is 6.04. The van der Waals surface area contributed by atoms with Crippen molar-refractivity contribution in [2.75, 3.05) is 19.5 Å². The van der Waals surface area contributed by atoms with Gasteiger partial charge >= 0.3 is 0 Å². The summed E-state index contributed by atoms with van der Waals surface area (Å²) in [6.45, 7) is 6.44. The molecule has 0 aliphatic heterocycles. The molecule has 2 rings (SSSR count). The van der Waals surface area contributed by atoms with Crippen molar-refractivity contribution in [2.45, 2.75) is 45.6 Å². The van der Waals surface area contributed by atoms with E-state index in [-0.39, 0.29) is 11.5 Å². The van der Waals surface area contributed by atoms with Gasteiger partial charge in [0.25, 0.3) is 0 Å². The predicted octanol–water partition coefficient (Wildman–Crippen LogP) is 3.13. The molecule has 4 nitrogen and oxygen atoms in total. The number of anilines is 1. The van der Waals surface area contributed by atoms with Crippen LogP contribution in [0.25, 0.3) is 0 Å². The average molecular weight is 249 g/mol. The fourth-order valence-corrected chi connectivity index (χ4v) is 2.17. The summed E-state index contributed by atoms with van der Waals surface area (Å²) in [6.07, 6.45) is 2.41. The van der Waals surface area contributed by atoms with Crippen LogP contribution in [0.5, 0.6) is 0 Å². The zero-order chi connectivity index (χ0) is 13.3. The molecule has 1 aromatic heterocycles. The normalized spacial score (nSPS) is 17.6. The summed E-state index contributed by atoms with van der Waals surface area (Å²) >= 11 is 0. The first-order valence-corrected chi connectivity index (χ1v) is 6.55. The molecule has 1 aromatic rings. The molecule has 1 N–H and O–H groups in total. The maximum atomic E-state index is 5.60. The van der Waals surface area contributed by atoms with Gasteiger partial charge in [0.1, 0.15) is 11.9 Å². The lowest BCUT2D eigenvalue weighted by molar-refractivity contribution is 0.00861. The summed E-state index contributed by atoms with van der Waals surface area (Å²) in [5, 5.41) is 3.11. The molecule has 1 fully saturated rings. The van der Waals surface area contributed by atoms with E-state index in [0.717, 1.165) is 17.3 Å². The van der Waals surface area contributed by atoms with Crippen molar-refractivity contribution < 1.29 is 4.74 Å². The third-order valence-corrected chi connectivity index (χ3v) is 3.27. The number of nitrogens with one attached hydrogen (secondary N) is 1. The van der Waals surface area contributed by atoms with Gasteiger partial charge in [-0.05, 0) is 18.3 Å². The molecule has 1 aliphatic rings. The SMILES string of the molecule is CNc1cc(C2CC2)nc(C(OC)C(C)(C)C)n1. The molecule has 0 amide bonds. The fourth-order valence-electron chi connectivity index (χ4n) is 2.17. The van der Waals surface area contributed by atoms with Crippen molar-refractivity contribution in [1.29, 1.82) is 0 Å². The molecule has 18 heavy (non-hydrogen) atoms. The summed E-state index contributed by atoms with van der Waals surface area (Å²) in [7, 11) is 3.61. The van der Waals surface area contributed by atoms with E-state index in [9.17, 15) is 0 Å². The van der Waals surface area contributed by atoms with Crippen molar-refractivity contribution in [3.05, 3.63) is 17.6 Å². The minimum Gasteiger partial charge on any atom is -0.373 e. The Kier molecular flexibility index (Phi) is 3.57. The van der Waals surface area contributed by atoms with E-state index in [4.69, 9.17) is 9.72 Å². The molecular weight excluding hydrogens is 226 g/mol. The third-order valence-electron chi connectivity index (χ3n) is 3.27. The second kappa shape index (κ2) is 4.84. The van der Waals surface area contributed by atoms with Crippen LogP contribution < -0.4 is 5.32 Å². The second-order valence-electron chi connectivity index (χ2n) is 6.04. The summed E-state index contributed by atoms with van der Waals surface area (Å²) in [5.41, 5.74) is 1.14. The molecule has 0 aromatic carbocycles. The van der Waals surface area contributed by atoms with Gasteiger partial charge in [0, 0.05) is 31.8 Å². The zero-order valence-electron chi connectivity index (χ0n) is 11.9. The van der Waals surface area contributed by atoms with Gasteiger partial charge < -0.3 is 10.1 Å². The molecule has 100 valence electrons. The molecule has 0 spiro atoms. The Balaban J connectivity index is 2.38. The number of hydrogen-bond donors (Lipinski definition) is 1. The average Bonchev–Trinajstić information content (AvgIpc) is 3.11. The Morgan fingerprint density at radius 1 is 1.33 bits per heavy atom.